The van der Waals surface area contributed by atoms with Gasteiger partial charge in [-0.2, -0.15) is 0 Å². The molecular weight excluding hydrogens is 312 g/mol. The van der Waals surface area contributed by atoms with Gasteiger partial charge in [0.15, 0.2) is 0 Å². The van der Waals surface area contributed by atoms with E-state index >= 15 is 0 Å². The summed E-state index contributed by atoms with van der Waals surface area (Å²) in [5, 5.41) is 0. The number of fused-ring (bicyclic) bond motifs is 1. The van der Waals surface area contributed by atoms with Crippen molar-refractivity contribution in [2.75, 3.05) is 51.3 Å². The molecule has 1 fully saturated rings. The van der Waals surface area contributed by atoms with Gasteiger partial charge in [-0.25, -0.2) is 0 Å². The average molecular weight is 338 g/mol. The maximum absolute atomic E-state index is 5.94. The molecule has 0 bridgehead atoms. The second kappa shape index (κ2) is 7.36. The van der Waals surface area contributed by atoms with Crippen molar-refractivity contribution in [3.63, 3.8) is 0 Å². The van der Waals surface area contributed by atoms with Crippen LogP contribution in [-0.2, 0) is 6.42 Å². The van der Waals surface area contributed by atoms with E-state index < -0.39 is 0 Å². The zero-order valence-corrected chi connectivity index (χ0v) is 14.9. The van der Waals surface area contributed by atoms with E-state index in [-0.39, 0.29) is 0 Å². The maximum atomic E-state index is 5.94. The maximum Gasteiger partial charge on any atom is 0.142 e. The molecule has 132 valence electrons. The molecule has 0 aromatic heterocycles. The van der Waals surface area contributed by atoms with Crippen LogP contribution in [0.2, 0.25) is 0 Å². The van der Waals surface area contributed by atoms with Gasteiger partial charge in [0.2, 0.25) is 0 Å². The number of nitrogens with zero attached hydrogens (tertiary/aromatic N) is 2. The standard InChI is InChI=1S/C21H26N2O2/c1-24-21-9-5-3-7-19(21)23-12-10-22(11-13-23)15-17-14-18-6-2-4-8-20(18)25-16-17/h2-9,17H,10-16H2,1H3. The molecule has 2 heterocycles. The highest BCUT2D eigenvalue weighted by Gasteiger charge is 2.25. The molecule has 0 radical (unpaired) electrons. The number of methoxy groups -OCH3 is 1. The van der Waals surface area contributed by atoms with Gasteiger partial charge in [0.05, 0.1) is 19.4 Å². The van der Waals surface area contributed by atoms with Gasteiger partial charge in [0.25, 0.3) is 0 Å². The summed E-state index contributed by atoms with van der Waals surface area (Å²) >= 11 is 0. The Morgan fingerprint density at radius 2 is 1.76 bits per heavy atom. The molecule has 0 N–H and O–H groups in total. The van der Waals surface area contributed by atoms with Crippen LogP contribution >= 0.6 is 0 Å². The highest BCUT2D eigenvalue weighted by atomic mass is 16.5. The summed E-state index contributed by atoms with van der Waals surface area (Å²) in [5.41, 5.74) is 2.56. The van der Waals surface area contributed by atoms with Gasteiger partial charge >= 0.3 is 0 Å². The number of piperazine rings is 1. The fourth-order valence-electron chi connectivity index (χ4n) is 3.94. The molecule has 0 amide bonds. The Morgan fingerprint density at radius 1 is 1.00 bits per heavy atom. The van der Waals surface area contributed by atoms with Gasteiger partial charge in [-0.1, -0.05) is 30.3 Å². The Morgan fingerprint density at radius 3 is 2.60 bits per heavy atom. The van der Waals surface area contributed by atoms with Crippen LogP contribution in [-0.4, -0.2) is 51.3 Å². The number of rotatable bonds is 4. The predicted octanol–water partition coefficient (Wildman–Crippen LogP) is 3.07. The van der Waals surface area contributed by atoms with Crippen molar-refractivity contribution in [3.05, 3.63) is 54.1 Å². The van der Waals surface area contributed by atoms with Crippen LogP contribution in [0.3, 0.4) is 0 Å². The number of hydrogen-bond donors (Lipinski definition) is 0. The second-order valence-electron chi connectivity index (χ2n) is 6.95. The summed E-state index contributed by atoms with van der Waals surface area (Å²) in [6.07, 6.45) is 1.13. The van der Waals surface area contributed by atoms with E-state index in [0.717, 1.165) is 57.3 Å². The molecule has 1 unspecified atom stereocenters. The second-order valence-corrected chi connectivity index (χ2v) is 6.95. The first-order chi connectivity index (χ1) is 12.3. The Bertz CT molecular complexity index is 711. The number of ether oxygens (including phenoxy) is 2. The number of hydrogen-bond acceptors (Lipinski definition) is 4. The van der Waals surface area contributed by atoms with Crippen molar-refractivity contribution >= 4 is 5.69 Å². The average Bonchev–Trinajstić information content (AvgIpc) is 2.68. The minimum absolute atomic E-state index is 0.590. The molecule has 0 aliphatic carbocycles. The lowest BCUT2D eigenvalue weighted by Gasteiger charge is -2.38. The monoisotopic (exact) mass is 338 g/mol. The third-order valence-corrected chi connectivity index (χ3v) is 5.27. The van der Waals surface area contributed by atoms with Crippen molar-refractivity contribution in [2.45, 2.75) is 6.42 Å². The molecule has 4 rings (SSSR count). The third-order valence-electron chi connectivity index (χ3n) is 5.27. The van der Waals surface area contributed by atoms with Crippen LogP contribution in [0.1, 0.15) is 5.56 Å². The lowest BCUT2D eigenvalue weighted by Crippen LogP contribution is -2.48. The fourth-order valence-corrected chi connectivity index (χ4v) is 3.94. The van der Waals surface area contributed by atoms with Crippen molar-refractivity contribution in [1.82, 2.24) is 4.90 Å². The number of para-hydroxylation sites is 3. The van der Waals surface area contributed by atoms with Gasteiger partial charge in [-0.15, -0.1) is 0 Å². The van der Waals surface area contributed by atoms with Crippen molar-refractivity contribution in [2.24, 2.45) is 5.92 Å². The van der Waals surface area contributed by atoms with Crippen LogP contribution in [0.15, 0.2) is 48.5 Å². The summed E-state index contributed by atoms with van der Waals surface area (Å²) in [6, 6.07) is 16.7. The van der Waals surface area contributed by atoms with E-state index in [4.69, 9.17) is 9.47 Å². The lowest BCUT2D eigenvalue weighted by molar-refractivity contribution is 0.154. The van der Waals surface area contributed by atoms with Gasteiger partial charge in [-0.3, -0.25) is 4.90 Å². The van der Waals surface area contributed by atoms with E-state index in [1.165, 1.54) is 11.3 Å². The van der Waals surface area contributed by atoms with E-state index in [1.807, 2.05) is 12.1 Å². The highest BCUT2D eigenvalue weighted by molar-refractivity contribution is 5.58. The number of anilines is 1. The molecule has 0 saturated carbocycles. The van der Waals surface area contributed by atoms with E-state index in [9.17, 15) is 0 Å². The quantitative estimate of drug-likeness (QED) is 0.855. The van der Waals surface area contributed by atoms with E-state index in [0.29, 0.717) is 5.92 Å². The molecule has 4 heteroatoms. The van der Waals surface area contributed by atoms with Gasteiger partial charge in [0, 0.05) is 38.6 Å². The van der Waals surface area contributed by atoms with Crippen molar-refractivity contribution in [1.29, 1.82) is 0 Å². The van der Waals surface area contributed by atoms with Gasteiger partial charge in [0.1, 0.15) is 11.5 Å². The first kappa shape index (κ1) is 16.3. The van der Waals surface area contributed by atoms with Crippen LogP contribution in [0, 0.1) is 5.92 Å². The first-order valence-corrected chi connectivity index (χ1v) is 9.14. The van der Waals surface area contributed by atoms with Crippen LogP contribution in [0.25, 0.3) is 0 Å². The molecule has 25 heavy (non-hydrogen) atoms. The zero-order chi connectivity index (χ0) is 17.1. The van der Waals surface area contributed by atoms with Gasteiger partial charge in [-0.05, 0) is 30.2 Å². The van der Waals surface area contributed by atoms with Crippen LogP contribution in [0.5, 0.6) is 11.5 Å². The fraction of sp³-hybridized carbons (Fsp3) is 0.429. The Hall–Kier alpha value is -2.20. The predicted molar refractivity (Wildman–Crippen MR) is 101 cm³/mol. The Balaban J connectivity index is 1.32. The molecule has 2 aliphatic heterocycles. The molecule has 1 saturated heterocycles. The molecule has 2 aliphatic rings. The summed E-state index contributed by atoms with van der Waals surface area (Å²) < 4.78 is 11.5. The van der Waals surface area contributed by atoms with Crippen LogP contribution < -0.4 is 14.4 Å². The summed E-state index contributed by atoms with van der Waals surface area (Å²) in [6.45, 7) is 6.24. The topological polar surface area (TPSA) is 24.9 Å². The summed E-state index contributed by atoms with van der Waals surface area (Å²) in [5.74, 6) is 2.63. The number of benzene rings is 2. The molecular formula is C21H26N2O2. The lowest BCUT2D eigenvalue weighted by atomic mass is 9.96. The van der Waals surface area contributed by atoms with Crippen molar-refractivity contribution < 1.29 is 9.47 Å². The Labute approximate surface area is 150 Å². The Kier molecular flexibility index (Phi) is 4.79. The largest absolute Gasteiger partial charge is 0.495 e. The first-order valence-electron chi connectivity index (χ1n) is 9.14. The minimum Gasteiger partial charge on any atom is -0.495 e. The molecule has 2 aromatic rings. The molecule has 1 atom stereocenters. The third kappa shape index (κ3) is 3.59. The van der Waals surface area contributed by atoms with Gasteiger partial charge < -0.3 is 14.4 Å². The van der Waals surface area contributed by atoms with E-state index in [2.05, 4.69) is 46.2 Å². The highest BCUT2D eigenvalue weighted by Crippen LogP contribution is 2.30. The minimum atomic E-state index is 0.590. The SMILES string of the molecule is COc1ccccc1N1CCN(CC2COc3ccccc3C2)CC1. The van der Waals surface area contributed by atoms with Crippen LogP contribution in [0.4, 0.5) is 5.69 Å². The smallest absolute Gasteiger partial charge is 0.142 e. The van der Waals surface area contributed by atoms with E-state index in [1.54, 1.807) is 7.11 Å². The molecule has 4 nitrogen and oxygen atoms in total. The normalized spacial score (nSPS) is 20.7. The summed E-state index contributed by atoms with van der Waals surface area (Å²) in [7, 11) is 1.75. The molecule has 0 spiro atoms. The molecule has 2 aromatic carbocycles. The van der Waals surface area contributed by atoms with Crippen molar-refractivity contribution in [3.8, 4) is 11.5 Å². The summed E-state index contributed by atoms with van der Waals surface area (Å²) in [4.78, 5) is 5.01. The zero-order valence-electron chi connectivity index (χ0n) is 14.9.